The molecule has 0 spiro atoms. The first kappa shape index (κ1) is 25.5. The van der Waals surface area contributed by atoms with Crippen molar-refractivity contribution in [2.24, 2.45) is 0 Å². The van der Waals surface area contributed by atoms with Gasteiger partial charge in [-0.25, -0.2) is 0 Å². The SMILES string of the molecule is ClC1C(Cl)C(Cl)C(Cl)C(Cl)C1Cl.ClC1C(Cl)C(Cl)C(Cl)C(Cl)C1Cl. The van der Waals surface area contributed by atoms with Crippen molar-refractivity contribution < 1.29 is 0 Å². The zero-order chi connectivity index (χ0) is 18.9. The normalized spacial score (nSPS) is 55.5. The second kappa shape index (κ2) is 11.0. The van der Waals surface area contributed by atoms with E-state index in [1.165, 1.54) is 0 Å². The van der Waals surface area contributed by atoms with E-state index in [0.29, 0.717) is 0 Å². The number of hydrogen-bond acceptors (Lipinski definition) is 0. The van der Waals surface area contributed by atoms with Crippen molar-refractivity contribution in [3.8, 4) is 0 Å². The first-order valence-corrected chi connectivity index (χ1v) is 11.9. The van der Waals surface area contributed by atoms with Gasteiger partial charge in [-0.2, -0.15) is 0 Å². The average molecular weight is 582 g/mol. The topological polar surface area (TPSA) is 0 Å². The van der Waals surface area contributed by atoms with Gasteiger partial charge in [0.2, 0.25) is 0 Å². The molecule has 2 saturated carbocycles. The third-order valence-electron chi connectivity index (χ3n) is 3.65. The summed E-state index contributed by atoms with van der Waals surface area (Å²) in [6.45, 7) is 0. The summed E-state index contributed by atoms with van der Waals surface area (Å²) in [6, 6.07) is 0. The molecule has 0 bridgehead atoms. The number of halogens is 12. The first-order chi connectivity index (χ1) is 10.9. The van der Waals surface area contributed by atoms with Crippen LogP contribution in [0, 0.1) is 0 Å². The van der Waals surface area contributed by atoms with Gasteiger partial charge >= 0.3 is 0 Å². The summed E-state index contributed by atoms with van der Waals surface area (Å²) in [7, 11) is 0. The summed E-state index contributed by atoms with van der Waals surface area (Å²) >= 11 is 70.6. The Morgan fingerprint density at radius 3 is 0.250 bits per heavy atom. The van der Waals surface area contributed by atoms with Crippen LogP contribution in [0.25, 0.3) is 0 Å². The monoisotopic (exact) mass is 576 g/mol. The van der Waals surface area contributed by atoms with Crippen LogP contribution in [0.15, 0.2) is 0 Å². The Labute approximate surface area is 201 Å². The zero-order valence-corrected chi connectivity index (χ0v) is 20.5. The van der Waals surface area contributed by atoms with E-state index in [2.05, 4.69) is 0 Å². The molecule has 0 nitrogen and oxygen atoms in total. The fourth-order valence-electron chi connectivity index (χ4n) is 2.11. The minimum absolute atomic E-state index is 0.437. The Bertz CT molecular complexity index is 243. The first-order valence-electron chi connectivity index (χ1n) is 6.62. The van der Waals surface area contributed by atoms with Crippen LogP contribution in [0.1, 0.15) is 0 Å². The van der Waals surface area contributed by atoms with Crippen molar-refractivity contribution in [2.45, 2.75) is 64.5 Å². The molecule has 0 unspecified atom stereocenters. The van der Waals surface area contributed by atoms with Crippen molar-refractivity contribution >= 4 is 139 Å². The maximum atomic E-state index is 5.88. The van der Waals surface area contributed by atoms with E-state index in [9.17, 15) is 0 Å². The molecule has 2 rings (SSSR count). The van der Waals surface area contributed by atoms with Gasteiger partial charge in [-0.1, -0.05) is 0 Å². The summed E-state index contributed by atoms with van der Waals surface area (Å²) < 4.78 is 0. The van der Waals surface area contributed by atoms with Crippen molar-refractivity contribution in [1.82, 2.24) is 0 Å². The predicted octanol–water partition coefficient (Wildman–Crippen LogP) is 7.29. The summed E-state index contributed by atoms with van der Waals surface area (Å²) in [5.41, 5.74) is 0. The van der Waals surface area contributed by atoms with Crippen LogP contribution in [0.2, 0.25) is 0 Å². The Kier molecular flexibility index (Phi) is 11.7. The highest BCUT2D eigenvalue weighted by Crippen LogP contribution is 2.40. The number of hydrogen-bond donors (Lipinski definition) is 0. The summed E-state index contributed by atoms with van der Waals surface area (Å²) in [5, 5.41) is -5.24. The second-order valence-electron chi connectivity index (χ2n) is 5.33. The molecule has 0 N–H and O–H groups in total. The van der Waals surface area contributed by atoms with Crippen LogP contribution >= 0.6 is 139 Å². The molecule has 2 aliphatic rings. The van der Waals surface area contributed by atoms with Gasteiger partial charge in [-0.05, 0) is 0 Å². The molecule has 12 heteroatoms. The molecule has 0 aromatic rings. The molecular weight excluding hydrogens is 570 g/mol. The smallest absolute Gasteiger partial charge is 0.0693 e. The zero-order valence-electron chi connectivity index (χ0n) is 11.5. The summed E-state index contributed by atoms with van der Waals surface area (Å²) in [4.78, 5) is 0. The van der Waals surface area contributed by atoms with Crippen LogP contribution in [-0.4, -0.2) is 64.5 Å². The van der Waals surface area contributed by atoms with E-state index in [0.717, 1.165) is 0 Å². The molecular formula is C12H12Cl12. The van der Waals surface area contributed by atoms with E-state index < -0.39 is 64.5 Å². The molecule has 0 radical (unpaired) electrons. The standard InChI is InChI=1S/2C6H6Cl6/c2*7-1-2(8)4(10)6(12)5(11)3(1)9/h2*1-6H. The van der Waals surface area contributed by atoms with Crippen LogP contribution in [0.3, 0.4) is 0 Å². The Morgan fingerprint density at radius 2 is 0.208 bits per heavy atom. The maximum Gasteiger partial charge on any atom is 0.0693 e. The molecule has 144 valence electrons. The molecule has 0 aliphatic heterocycles. The quantitative estimate of drug-likeness (QED) is 0.264. The van der Waals surface area contributed by atoms with Gasteiger partial charge in [0, 0.05) is 0 Å². The van der Waals surface area contributed by atoms with E-state index >= 15 is 0 Å². The average Bonchev–Trinajstić information content (AvgIpc) is 2.58. The van der Waals surface area contributed by atoms with Gasteiger partial charge in [0.15, 0.2) is 0 Å². The lowest BCUT2D eigenvalue weighted by Crippen LogP contribution is -2.52. The maximum absolute atomic E-state index is 5.88. The van der Waals surface area contributed by atoms with E-state index in [1.54, 1.807) is 0 Å². The fourth-order valence-corrected chi connectivity index (χ4v) is 6.76. The van der Waals surface area contributed by atoms with E-state index in [-0.39, 0.29) is 0 Å². The molecule has 0 amide bonds. The molecule has 2 aliphatic carbocycles. The van der Waals surface area contributed by atoms with Crippen LogP contribution in [-0.2, 0) is 0 Å². The molecule has 0 aromatic carbocycles. The van der Waals surface area contributed by atoms with Gasteiger partial charge in [0.05, 0.1) is 64.5 Å². The molecule has 24 heavy (non-hydrogen) atoms. The van der Waals surface area contributed by atoms with E-state index in [4.69, 9.17) is 139 Å². The summed E-state index contributed by atoms with van der Waals surface area (Å²) in [6.07, 6.45) is 0. The minimum Gasteiger partial charge on any atom is -0.120 e. The lowest BCUT2D eigenvalue weighted by Gasteiger charge is -2.37. The van der Waals surface area contributed by atoms with Crippen molar-refractivity contribution in [1.29, 1.82) is 0 Å². The number of rotatable bonds is 0. The third-order valence-corrected chi connectivity index (χ3v) is 11.7. The van der Waals surface area contributed by atoms with Crippen LogP contribution in [0.5, 0.6) is 0 Å². The molecule has 0 atom stereocenters. The lowest BCUT2D eigenvalue weighted by molar-refractivity contribution is 0.544. The van der Waals surface area contributed by atoms with Crippen LogP contribution < -0.4 is 0 Å². The van der Waals surface area contributed by atoms with Gasteiger partial charge in [-0.3, -0.25) is 0 Å². The summed E-state index contributed by atoms with van der Waals surface area (Å²) in [5.74, 6) is 0. The fraction of sp³-hybridized carbons (Fsp3) is 1.00. The van der Waals surface area contributed by atoms with Gasteiger partial charge < -0.3 is 0 Å². The molecule has 0 heterocycles. The highest BCUT2D eigenvalue weighted by molar-refractivity contribution is 6.46. The van der Waals surface area contributed by atoms with Crippen molar-refractivity contribution in [3.05, 3.63) is 0 Å². The van der Waals surface area contributed by atoms with Gasteiger partial charge in [-0.15, -0.1) is 139 Å². The van der Waals surface area contributed by atoms with Gasteiger partial charge in [0.25, 0.3) is 0 Å². The Balaban J connectivity index is 0.000000240. The van der Waals surface area contributed by atoms with Crippen molar-refractivity contribution in [3.63, 3.8) is 0 Å². The predicted molar refractivity (Wildman–Crippen MR) is 116 cm³/mol. The Morgan fingerprint density at radius 1 is 0.167 bits per heavy atom. The highest BCUT2D eigenvalue weighted by atomic mass is 35.5. The molecule has 0 saturated heterocycles. The third kappa shape index (κ3) is 5.76. The number of alkyl halides is 12. The highest BCUT2D eigenvalue weighted by Gasteiger charge is 2.47. The van der Waals surface area contributed by atoms with Crippen LogP contribution in [0.4, 0.5) is 0 Å². The molecule has 0 aromatic heterocycles. The lowest BCUT2D eigenvalue weighted by atomic mass is 9.97. The second-order valence-corrected chi connectivity index (χ2v) is 11.4. The minimum atomic E-state index is -0.437. The van der Waals surface area contributed by atoms with Crippen molar-refractivity contribution in [2.75, 3.05) is 0 Å². The largest absolute Gasteiger partial charge is 0.120 e. The Hall–Kier alpha value is 3.48. The van der Waals surface area contributed by atoms with E-state index in [1.807, 2.05) is 0 Å². The molecule has 2 fully saturated rings. The van der Waals surface area contributed by atoms with Gasteiger partial charge in [0.1, 0.15) is 0 Å².